The molecule has 0 radical (unpaired) electrons. The second-order valence-corrected chi connectivity index (χ2v) is 3.93. The van der Waals surface area contributed by atoms with Gasteiger partial charge < -0.3 is 20.1 Å². The molecule has 15 heavy (non-hydrogen) atoms. The lowest BCUT2D eigenvalue weighted by atomic mass is 10.2. The van der Waals surface area contributed by atoms with Crippen LogP contribution in [0.15, 0.2) is 11.5 Å². The largest absolute Gasteiger partial charge is 0.525 e. The molecule has 5 N–H and O–H groups in total. The minimum atomic E-state index is -4.89. The van der Waals surface area contributed by atoms with Gasteiger partial charge in [-0.2, -0.15) is 0 Å². The molecule has 1 rings (SSSR count). The van der Waals surface area contributed by atoms with Gasteiger partial charge in [-0.15, -0.1) is 0 Å². The van der Waals surface area contributed by atoms with E-state index >= 15 is 0 Å². The van der Waals surface area contributed by atoms with Crippen LogP contribution in [0.4, 0.5) is 0 Å². The van der Waals surface area contributed by atoms with Gasteiger partial charge in [0.2, 0.25) is 0 Å². The summed E-state index contributed by atoms with van der Waals surface area (Å²) in [4.78, 5) is 27.9. The van der Waals surface area contributed by atoms with Gasteiger partial charge in [0.1, 0.15) is 0 Å². The number of phosphoric ester groups is 1. The summed E-state index contributed by atoms with van der Waals surface area (Å²) in [5.41, 5.74) is 5.17. The fraction of sp³-hybridized carbons (Fsp3) is 0.500. The summed E-state index contributed by atoms with van der Waals surface area (Å²) < 4.78 is 19.0. The van der Waals surface area contributed by atoms with Crippen molar-refractivity contribution >= 4 is 13.8 Å². The quantitative estimate of drug-likeness (QED) is 0.367. The Morgan fingerprint density at radius 3 is 2.60 bits per heavy atom. The van der Waals surface area contributed by atoms with Gasteiger partial charge in [0.15, 0.2) is 11.9 Å². The number of hydrogen-bond donors (Lipinski definition) is 4. The van der Waals surface area contributed by atoms with Gasteiger partial charge in [0, 0.05) is 6.42 Å². The third kappa shape index (κ3) is 2.93. The van der Waals surface area contributed by atoms with Crippen LogP contribution >= 0.6 is 7.82 Å². The fourth-order valence-corrected chi connectivity index (χ4v) is 1.45. The molecule has 0 fully saturated rings. The molecule has 86 valence electrons. The summed E-state index contributed by atoms with van der Waals surface area (Å²) >= 11 is 0. The first-order chi connectivity index (χ1) is 6.85. The average Bonchev–Trinajstić information content (AvgIpc) is 2.32. The molecular formula is C6H10NO7P. The first-order valence-electron chi connectivity index (χ1n) is 3.94. The normalized spacial score (nSPS) is 21.8. The fourth-order valence-electron chi connectivity index (χ4n) is 1.04. The smallest absolute Gasteiger partial charge is 0.505 e. The second kappa shape index (κ2) is 4.19. The van der Waals surface area contributed by atoms with Crippen molar-refractivity contribution in [3.8, 4) is 0 Å². The Balaban J connectivity index is 2.85. The van der Waals surface area contributed by atoms with Crippen molar-refractivity contribution in [2.75, 3.05) is 6.54 Å². The van der Waals surface area contributed by atoms with Gasteiger partial charge in [-0.25, -0.2) is 9.36 Å². The van der Waals surface area contributed by atoms with E-state index in [9.17, 15) is 14.5 Å². The van der Waals surface area contributed by atoms with Gasteiger partial charge in [-0.05, 0) is 6.54 Å². The molecule has 0 spiro atoms. The van der Waals surface area contributed by atoms with Gasteiger partial charge in [0.25, 0.3) is 5.76 Å². The van der Waals surface area contributed by atoms with E-state index in [1.165, 1.54) is 0 Å². The number of carbonyl (C=O) groups excluding carboxylic acids is 1. The van der Waals surface area contributed by atoms with Crippen molar-refractivity contribution in [3.63, 3.8) is 0 Å². The Morgan fingerprint density at radius 1 is 1.53 bits per heavy atom. The zero-order chi connectivity index (χ0) is 11.6. The number of carbonyl (C=O) groups is 1. The molecule has 0 aliphatic carbocycles. The SMILES string of the molecule is NCC[C@H]1OC(=O)C(OP(=O)(O)O)=C1O. The van der Waals surface area contributed by atoms with Crippen LogP contribution in [-0.2, 0) is 18.6 Å². The van der Waals surface area contributed by atoms with Crippen molar-refractivity contribution < 1.29 is 33.5 Å². The van der Waals surface area contributed by atoms with Crippen LogP contribution in [-0.4, -0.2) is 33.5 Å². The number of cyclic esters (lactones) is 1. The predicted molar refractivity (Wildman–Crippen MR) is 46.3 cm³/mol. The Labute approximate surface area is 84.5 Å². The summed E-state index contributed by atoms with van der Waals surface area (Å²) in [5, 5.41) is 9.32. The van der Waals surface area contributed by atoms with E-state index < -0.39 is 31.4 Å². The molecule has 0 amide bonds. The summed E-state index contributed by atoms with van der Waals surface area (Å²) in [6.07, 6.45) is -0.852. The summed E-state index contributed by atoms with van der Waals surface area (Å²) in [7, 11) is -4.89. The Kier molecular flexibility index (Phi) is 3.35. The van der Waals surface area contributed by atoms with Crippen molar-refractivity contribution in [1.82, 2.24) is 0 Å². The molecule has 1 atom stereocenters. The van der Waals surface area contributed by atoms with E-state index in [0.29, 0.717) is 0 Å². The molecular weight excluding hydrogens is 229 g/mol. The van der Waals surface area contributed by atoms with E-state index in [1.54, 1.807) is 0 Å². The van der Waals surface area contributed by atoms with Crippen LogP contribution in [0.1, 0.15) is 6.42 Å². The zero-order valence-corrected chi connectivity index (χ0v) is 8.39. The van der Waals surface area contributed by atoms with Crippen LogP contribution < -0.4 is 5.73 Å². The highest BCUT2D eigenvalue weighted by atomic mass is 31.2. The third-order valence-electron chi connectivity index (χ3n) is 1.61. The predicted octanol–water partition coefficient (Wildman–Crippen LogP) is -0.860. The van der Waals surface area contributed by atoms with Crippen molar-refractivity contribution in [2.24, 2.45) is 5.73 Å². The number of aliphatic hydroxyl groups excluding tert-OH is 1. The topological polar surface area (TPSA) is 139 Å². The maximum Gasteiger partial charge on any atom is 0.525 e. The maximum absolute atomic E-state index is 11.0. The summed E-state index contributed by atoms with van der Waals surface area (Å²) in [5.74, 6) is -2.62. The molecule has 0 saturated carbocycles. The standard InChI is InChI=1S/C6H10NO7P/c7-2-1-3-4(8)5(6(9)13-3)14-15(10,11)12/h3,8H,1-2,7H2,(H2,10,11,12)/t3-/m1/s1. The van der Waals surface area contributed by atoms with Gasteiger partial charge in [0.05, 0.1) is 0 Å². The first kappa shape index (κ1) is 12.0. The van der Waals surface area contributed by atoms with Gasteiger partial charge >= 0.3 is 13.8 Å². The van der Waals surface area contributed by atoms with Crippen LogP contribution in [0, 0.1) is 0 Å². The molecule has 8 nitrogen and oxygen atoms in total. The van der Waals surface area contributed by atoms with Crippen molar-refractivity contribution in [2.45, 2.75) is 12.5 Å². The second-order valence-electron chi connectivity index (χ2n) is 2.77. The van der Waals surface area contributed by atoms with Gasteiger partial charge in [-0.1, -0.05) is 0 Å². The highest BCUT2D eigenvalue weighted by Crippen LogP contribution is 2.41. The number of ether oxygens (including phenoxy) is 1. The monoisotopic (exact) mass is 239 g/mol. The molecule has 0 aromatic rings. The van der Waals surface area contributed by atoms with E-state index in [2.05, 4.69) is 9.26 Å². The van der Waals surface area contributed by atoms with E-state index in [4.69, 9.17) is 15.5 Å². The first-order valence-corrected chi connectivity index (χ1v) is 5.47. The van der Waals surface area contributed by atoms with Crippen molar-refractivity contribution in [3.05, 3.63) is 11.5 Å². The van der Waals surface area contributed by atoms with Crippen LogP contribution in [0.5, 0.6) is 0 Å². The lowest BCUT2D eigenvalue weighted by Crippen LogP contribution is -2.16. The minimum Gasteiger partial charge on any atom is -0.505 e. The number of hydrogen-bond acceptors (Lipinski definition) is 6. The molecule has 0 aromatic carbocycles. The van der Waals surface area contributed by atoms with Gasteiger partial charge in [-0.3, -0.25) is 9.79 Å². The van der Waals surface area contributed by atoms with Crippen LogP contribution in [0.3, 0.4) is 0 Å². The van der Waals surface area contributed by atoms with Crippen LogP contribution in [0.25, 0.3) is 0 Å². The number of esters is 1. The van der Waals surface area contributed by atoms with E-state index in [1.807, 2.05) is 0 Å². The number of nitrogens with two attached hydrogens (primary N) is 1. The zero-order valence-electron chi connectivity index (χ0n) is 7.49. The molecule has 9 heteroatoms. The van der Waals surface area contributed by atoms with E-state index in [0.717, 1.165) is 0 Å². The number of phosphoric acid groups is 1. The summed E-state index contributed by atoms with van der Waals surface area (Å²) in [6.45, 7) is 0.144. The Morgan fingerprint density at radius 2 is 2.13 bits per heavy atom. The lowest BCUT2D eigenvalue weighted by molar-refractivity contribution is -0.142. The molecule has 0 saturated heterocycles. The molecule has 1 heterocycles. The number of aliphatic hydroxyl groups is 1. The minimum absolute atomic E-state index is 0.144. The molecule has 0 bridgehead atoms. The maximum atomic E-state index is 11.0. The average molecular weight is 239 g/mol. The third-order valence-corrected chi connectivity index (χ3v) is 2.03. The molecule has 0 unspecified atom stereocenters. The lowest BCUT2D eigenvalue weighted by Gasteiger charge is -2.06. The highest BCUT2D eigenvalue weighted by molar-refractivity contribution is 7.46. The summed E-state index contributed by atoms with van der Waals surface area (Å²) in [6, 6.07) is 0. The Hall–Kier alpha value is -1.08. The molecule has 1 aliphatic heterocycles. The van der Waals surface area contributed by atoms with E-state index in [-0.39, 0.29) is 13.0 Å². The molecule has 0 aromatic heterocycles. The Bertz CT molecular complexity index is 345. The number of rotatable bonds is 4. The molecule has 1 aliphatic rings. The highest BCUT2D eigenvalue weighted by Gasteiger charge is 2.38. The van der Waals surface area contributed by atoms with Crippen LogP contribution in [0.2, 0.25) is 0 Å². The van der Waals surface area contributed by atoms with Crippen molar-refractivity contribution in [1.29, 1.82) is 0 Å².